The Hall–Kier alpha value is -2.31. The first-order valence-corrected chi connectivity index (χ1v) is 9.26. The summed E-state index contributed by atoms with van der Waals surface area (Å²) in [4.78, 5) is 14.8. The highest BCUT2D eigenvalue weighted by atomic mass is 19.1. The molecule has 27 heavy (non-hydrogen) atoms. The molecule has 1 fully saturated rings. The summed E-state index contributed by atoms with van der Waals surface area (Å²) in [6.07, 6.45) is 3.61. The van der Waals surface area contributed by atoms with Crippen LogP contribution in [0.5, 0.6) is 0 Å². The second-order valence-electron chi connectivity index (χ2n) is 7.55. The van der Waals surface area contributed by atoms with Gasteiger partial charge in [0.25, 0.3) is 5.91 Å². The van der Waals surface area contributed by atoms with Gasteiger partial charge in [0.05, 0.1) is 5.69 Å². The summed E-state index contributed by atoms with van der Waals surface area (Å²) in [7, 11) is 0. The van der Waals surface area contributed by atoms with Crippen molar-refractivity contribution in [1.29, 1.82) is 0 Å². The summed E-state index contributed by atoms with van der Waals surface area (Å²) in [5.74, 6) is -1.89. The molecular formula is C21H22F2N2O2. The van der Waals surface area contributed by atoms with E-state index in [9.17, 15) is 18.7 Å². The van der Waals surface area contributed by atoms with E-state index in [0.29, 0.717) is 12.2 Å². The molecule has 1 heterocycles. The molecule has 142 valence electrons. The lowest BCUT2D eigenvalue weighted by atomic mass is 9.86. The fourth-order valence-corrected chi connectivity index (χ4v) is 4.28. The molecule has 4 nitrogen and oxygen atoms in total. The largest absolute Gasteiger partial charge is 0.372 e. The smallest absolute Gasteiger partial charge is 0.268 e. The molecule has 0 radical (unpaired) electrons. The minimum atomic E-state index is -2.23. The van der Waals surface area contributed by atoms with Gasteiger partial charge in [0.2, 0.25) is 0 Å². The van der Waals surface area contributed by atoms with E-state index in [1.165, 1.54) is 4.90 Å². The third-order valence-corrected chi connectivity index (χ3v) is 5.79. The SMILES string of the molecule is NC1CCC(CN2C(=O)C(O)(c3cc(F)ccc3F)c3ccccc32)CC1. The number of carbonyl (C=O) groups is 1. The zero-order valence-electron chi connectivity index (χ0n) is 14.9. The van der Waals surface area contributed by atoms with E-state index >= 15 is 0 Å². The number of benzene rings is 2. The summed E-state index contributed by atoms with van der Waals surface area (Å²) in [6.45, 7) is 0.432. The topological polar surface area (TPSA) is 66.6 Å². The normalized spacial score (nSPS) is 27.7. The molecule has 3 N–H and O–H groups in total. The fraction of sp³-hybridized carbons (Fsp3) is 0.381. The Balaban J connectivity index is 1.74. The minimum Gasteiger partial charge on any atom is -0.372 e. The average Bonchev–Trinajstić information content (AvgIpc) is 2.88. The number of halogens is 2. The van der Waals surface area contributed by atoms with Crippen LogP contribution in [-0.4, -0.2) is 23.6 Å². The quantitative estimate of drug-likeness (QED) is 0.870. The summed E-state index contributed by atoms with van der Waals surface area (Å²) < 4.78 is 28.2. The van der Waals surface area contributed by atoms with E-state index in [1.807, 2.05) is 0 Å². The van der Waals surface area contributed by atoms with E-state index in [2.05, 4.69) is 0 Å². The van der Waals surface area contributed by atoms with Crippen LogP contribution in [-0.2, 0) is 10.4 Å². The lowest BCUT2D eigenvalue weighted by molar-refractivity contribution is -0.132. The number of hydrogen-bond acceptors (Lipinski definition) is 3. The van der Waals surface area contributed by atoms with Crippen LogP contribution >= 0.6 is 0 Å². The molecule has 4 rings (SSSR count). The van der Waals surface area contributed by atoms with Gasteiger partial charge < -0.3 is 15.7 Å². The summed E-state index contributed by atoms with van der Waals surface area (Å²) >= 11 is 0. The van der Waals surface area contributed by atoms with Crippen LogP contribution in [0, 0.1) is 17.6 Å². The van der Waals surface area contributed by atoms with Gasteiger partial charge in [0.1, 0.15) is 11.6 Å². The van der Waals surface area contributed by atoms with Crippen molar-refractivity contribution in [3.8, 4) is 0 Å². The Morgan fingerprint density at radius 2 is 1.78 bits per heavy atom. The Bertz CT molecular complexity index is 880. The van der Waals surface area contributed by atoms with Crippen LogP contribution in [0.25, 0.3) is 0 Å². The first-order chi connectivity index (χ1) is 12.9. The van der Waals surface area contributed by atoms with Crippen LogP contribution < -0.4 is 10.6 Å². The molecule has 1 aliphatic heterocycles. The van der Waals surface area contributed by atoms with Crippen LogP contribution in [0.2, 0.25) is 0 Å². The Morgan fingerprint density at radius 1 is 1.07 bits per heavy atom. The standard InChI is InChI=1S/C21H22F2N2O2/c22-14-7-10-18(23)17(11-14)21(27)16-3-1-2-4-19(16)25(20(21)26)12-13-5-8-15(24)9-6-13/h1-4,7,10-11,13,15,27H,5-6,8-9,12,24H2. The Morgan fingerprint density at radius 3 is 2.52 bits per heavy atom. The van der Waals surface area contributed by atoms with Gasteiger partial charge in [-0.3, -0.25) is 4.79 Å². The van der Waals surface area contributed by atoms with Crippen molar-refractivity contribution in [2.24, 2.45) is 11.7 Å². The lowest BCUT2D eigenvalue weighted by Crippen LogP contribution is -2.44. The van der Waals surface area contributed by atoms with Gasteiger partial charge in [0, 0.05) is 23.7 Å². The maximum atomic E-state index is 14.5. The van der Waals surface area contributed by atoms with Crippen LogP contribution in [0.15, 0.2) is 42.5 Å². The molecule has 0 bridgehead atoms. The average molecular weight is 372 g/mol. The third-order valence-electron chi connectivity index (χ3n) is 5.79. The Kier molecular flexibility index (Phi) is 4.48. The summed E-state index contributed by atoms with van der Waals surface area (Å²) in [5, 5.41) is 11.3. The van der Waals surface area contributed by atoms with Gasteiger partial charge in [-0.1, -0.05) is 18.2 Å². The first kappa shape index (κ1) is 18.1. The molecule has 1 amide bonds. The monoisotopic (exact) mass is 372 g/mol. The van der Waals surface area contributed by atoms with E-state index in [4.69, 9.17) is 5.73 Å². The highest BCUT2D eigenvalue weighted by Gasteiger charge is 2.52. The van der Waals surface area contributed by atoms with Crippen molar-refractivity contribution in [2.75, 3.05) is 11.4 Å². The van der Waals surface area contributed by atoms with Gasteiger partial charge in [-0.2, -0.15) is 0 Å². The molecular weight excluding hydrogens is 350 g/mol. The maximum absolute atomic E-state index is 14.5. The molecule has 0 spiro atoms. The molecule has 2 aliphatic rings. The van der Waals surface area contributed by atoms with Crippen molar-refractivity contribution < 1.29 is 18.7 Å². The van der Waals surface area contributed by atoms with E-state index in [0.717, 1.165) is 43.9 Å². The van der Waals surface area contributed by atoms with Crippen molar-refractivity contribution in [1.82, 2.24) is 0 Å². The van der Waals surface area contributed by atoms with Gasteiger partial charge in [-0.05, 0) is 55.9 Å². The number of nitrogens with zero attached hydrogens (tertiary/aromatic N) is 1. The van der Waals surface area contributed by atoms with Gasteiger partial charge in [0.15, 0.2) is 5.60 Å². The molecule has 1 atom stereocenters. The number of anilines is 1. The van der Waals surface area contributed by atoms with Gasteiger partial charge in [-0.15, -0.1) is 0 Å². The zero-order chi connectivity index (χ0) is 19.2. The molecule has 2 aromatic carbocycles. The Labute approximate surface area is 156 Å². The third kappa shape index (κ3) is 2.93. The predicted octanol–water partition coefficient (Wildman–Crippen LogP) is 3.06. The van der Waals surface area contributed by atoms with E-state index in [-0.39, 0.29) is 23.1 Å². The zero-order valence-corrected chi connectivity index (χ0v) is 14.9. The molecule has 1 unspecified atom stereocenters. The number of hydrogen-bond donors (Lipinski definition) is 2. The summed E-state index contributed by atoms with van der Waals surface area (Å²) in [6, 6.07) is 9.76. The fourth-order valence-electron chi connectivity index (χ4n) is 4.28. The van der Waals surface area contributed by atoms with Crippen LogP contribution in [0.4, 0.5) is 14.5 Å². The van der Waals surface area contributed by atoms with Gasteiger partial charge >= 0.3 is 0 Å². The molecule has 1 aliphatic carbocycles. The molecule has 2 aromatic rings. The van der Waals surface area contributed by atoms with Crippen LogP contribution in [0.3, 0.4) is 0 Å². The summed E-state index contributed by atoms with van der Waals surface area (Å²) in [5.41, 5.74) is 4.21. The number of amides is 1. The molecule has 6 heteroatoms. The van der Waals surface area contributed by atoms with Crippen molar-refractivity contribution in [3.63, 3.8) is 0 Å². The van der Waals surface area contributed by atoms with E-state index < -0.39 is 23.1 Å². The highest BCUT2D eigenvalue weighted by Crippen LogP contribution is 2.46. The van der Waals surface area contributed by atoms with Crippen molar-refractivity contribution in [2.45, 2.75) is 37.3 Å². The number of fused-ring (bicyclic) bond motifs is 1. The lowest BCUT2D eigenvalue weighted by Gasteiger charge is -2.30. The number of para-hydroxylation sites is 1. The molecule has 0 aromatic heterocycles. The van der Waals surface area contributed by atoms with Crippen molar-refractivity contribution >= 4 is 11.6 Å². The van der Waals surface area contributed by atoms with Crippen molar-refractivity contribution in [3.05, 3.63) is 65.2 Å². The first-order valence-electron chi connectivity index (χ1n) is 9.26. The second kappa shape index (κ2) is 6.69. The van der Waals surface area contributed by atoms with Crippen LogP contribution in [0.1, 0.15) is 36.8 Å². The second-order valence-corrected chi connectivity index (χ2v) is 7.55. The highest BCUT2D eigenvalue weighted by molar-refractivity contribution is 6.09. The molecule has 1 saturated carbocycles. The minimum absolute atomic E-state index is 0.195. The van der Waals surface area contributed by atoms with E-state index in [1.54, 1.807) is 24.3 Å². The predicted molar refractivity (Wildman–Crippen MR) is 98.1 cm³/mol. The van der Waals surface area contributed by atoms with Gasteiger partial charge in [-0.25, -0.2) is 8.78 Å². The number of rotatable bonds is 3. The molecule has 0 saturated heterocycles. The number of carbonyl (C=O) groups excluding carboxylic acids is 1. The number of nitrogens with two attached hydrogens (primary N) is 1. The number of aliphatic hydroxyl groups is 1. The maximum Gasteiger partial charge on any atom is 0.268 e.